The summed E-state index contributed by atoms with van der Waals surface area (Å²) in [6, 6.07) is 9.67. The highest BCUT2D eigenvalue weighted by molar-refractivity contribution is 7.90. The fraction of sp³-hybridized carbons (Fsp3) is 0.176. The van der Waals surface area contributed by atoms with Crippen LogP contribution in [-0.2, 0) is 15.6 Å². The van der Waals surface area contributed by atoms with E-state index >= 15 is 0 Å². The van der Waals surface area contributed by atoms with Gasteiger partial charge in [0.1, 0.15) is 19.0 Å². The van der Waals surface area contributed by atoms with Crippen LogP contribution in [0.2, 0.25) is 10.0 Å². The number of aromatic nitrogens is 2. The van der Waals surface area contributed by atoms with Crippen molar-refractivity contribution < 1.29 is 22.4 Å². The minimum Gasteiger partial charge on any atom is -0.486 e. The number of halogens is 2. The van der Waals surface area contributed by atoms with Gasteiger partial charge in [0.2, 0.25) is 0 Å². The molecule has 0 unspecified atom stereocenters. The molecule has 0 fully saturated rings. The normalized spacial score (nSPS) is 13.6. The molecule has 0 spiro atoms. The summed E-state index contributed by atoms with van der Waals surface area (Å²) in [6.45, 7) is 0.712. The minimum atomic E-state index is -3.84. The summed E-state index contributed by atoms with van der Waals surface area (Å²) in [4.78, 5) is 4.04. The summed E-state index contributed by atoms with van der Waals surface area (Å²) in [5.74, 6) is 0.384. The number of hydrogen-bond donors (Lipinski definition) is 0. The lowest BCUT2D eigenvalue weighted by atomic mass is 10.2. The maximum absolute atomic E-state index is 12.8. The van der Waals surface area contributed by atoms with E-state index < -0.39 is 15.6 Å². The largest absolute Gasteiger partial charge is 0.486 e. The van der Waals surface area contributed by atoms with Gasteiger partial charge in [0.05, 0.1) is 20.5 Å². The topological polar surface area (TPSA) is 91.5 Å². The fourth-order valence-corrected chi connectivity index (χ4v) is 4.57. The molecule has 0 bridgehead atoms. The van der Waals surface area contributed by atoms with Gasteiger partial charge in [0.25, 0.3) is 5.89 Å². The first-order valence-corrected chi connectivity index (χ1v) is 10.2. The Labute approximate surface area is 164 Å². The summed E-state index contributed by atoms with van der Waals surface area (Å²) < 4.78 is 41.6. The van der Waals surface area contributed by atoms with Gasteiger partial charge in [-0.05, 0) is 12.1 Å². The van der Waals surface area contributed by atoms with E-state index in [0.29, 0.717) is 35.3 Å². The van der Waals surface area contributed by atoms with Gasteiger partial charge in [-0.3, -0.25) is 0 Å². The third-order valence-corrected chi connectivity index (χ3v) is 6.22. The van der Waals surface area contributed by atoms with Crippen molar-refractivity contribution in [2.45, 2.75) is 10.6 Å². The molecule has 0 saturated heterocycles. The maximum atomic E-state index is 12.8. The molecule has 2 heterocycles. The van der Waals surface area contributed by atoms with Crippen molar-refractivity contribution in [3.63, 3.8) is 0 Å². The molecule has 3 aromatic rings. The van der Waals surface area contributed by atoms with Gasteiger partial charge in [-0.2, -0.15) is 4.98 Å². The van der Waals surface area contributed by atoms with Crippen molar-refractivity contribution in [1.82, 2.24) is 10.1 Å². The molecule has 1 aromatic heterocycles. The van der Waals surface area contributed by atoms with Gasteiger partial charge in [-0.1, -0.05) is 40.5 Å². The molecule has 0 N–H and O–H groups in total. The van der Waals surface area contributed by atoms with Crippen LogP contribution in [0.1, 0.15) is 5.82 Å². The molecular weight excluding hydrogens is 415 g/mol. The Morgan fingerprint density at radius 1 is 1.00 bits per heavy atom. The van der Waals surface area contributed by atoms with Crippen molar-refractivity contribution in [3.05, 3.63) is 52.3 Å². The summed E-state index contributed by atoms with van der Waals surface area (Å²) in [5.41, 5.74) is 0.521. The highest BCUT2D eigenvalue weighted by Gasteiger charge is 2.26. The second-order valence-corrected chi connectivity index (χ2v) is 8.45. The average molecular weight is 427 g/mol. The molecule has 4 rings (SSSR count). The average Bonchev–Trinajstić information content (AvgIpc) is 3.09. The standard InChI is InChI=1S/C17H12Cl2N2O5S/c18-11-4-2-1-3-10(11)17-20-16(21-26-17)9-27(22,23)15-8-14-13(7-12(15)19)24-5-6-25-14/h1-4,7-8H,5-6,9H2. The number of nitrogens with zero attached hydrogens (tertiary/aromatic N) is 2. The van der Waals surface area contributed by atoms with E-state index in [1.54, 1.807) is 24.3 Å². The van der Waals surface area contributed by atoms with Gasteiger partial charge in [0, 0.05) is 12.1 Å². The molecule has 7 nitrogen and oxygen atoms in total. The van der Waals surface area contributed by atoms with Crippen LogP contribution in [0.15, 0.2) is 45.8 Å². The van der Waals surface area contributed by atoms with Crippen LogP contribution < -0.4 is 9.47 Å². The van der Waals surface area contributed by atoms with Crippen LogP contribution in [0.5, 0.6) is 11.5 Å². The zero-order valence-electron chi connectivity index (χ0n) is 13.7. The summed E-state index contributed by atoms with van der Waals surface area (Å²) in [7, 11) is -3.84. The molecule has 10 heteroatoms. The molecule has 140 valence electrons. The van der Waals surface area contributed by atoms with Crippen LogP contribution in [0.3, 0.4) is 0 Å². The lowest BCUT2D eigenvalue weighted by Gasteiger charge is -2.19. The van der Waals surface area contributed by atoms with E-state index in [0.717, 1.165) is 0 Å². The highest BCUT2D eigenvalue weighted by Crippen LogP contribution is 2.38. The number of ether oxygens (including phenoxy) is 2. The molecule has 0 amide bonds. The zero-order valence-corrected chi connectivity index (χ0v) is 16.0. The third kappa shape index (κ3) is 3.60. The Morgan fingerprint density at radius 3 is 2.44 bits per heavy atom. The Bertz CT molecular complexity index is 1110. The highest BCUT2D eigenvalue weighted by atomic mass is 35.5. The summed E-state index contributed by atoms with van der Waals surface area (Å²) in [5, 5.41) is 4.20. The molecule has 0 saturated carbocycles. The molecule has 0 atom stereocenters. The maximum Gasteiger partial charge on any atom is 0.259 e. The Hall–Kier alpha value is -2.29. The molecule has 1 aliphatic rings. The number of hydrogen-bond acceptors (Lipinski definition) is 7. The Kier molecular flexibility index (Phi) is 4.71. The molecule has 2 aromatic carbocycles. The predicted octanol–water partition coefficient (Wildman–Crippen LogP) is 3.79. The Morgan fingerprint density at radius 2 is 1.70 bits per heavy atom. The van der Waals surface area contributed by atoms with Gasteiger partial charge >= 0.3 is 0 Å². The van der Waals surface area contributed by atoms with Crippen LogP contribution in [-0.4, -0.2) is 31.8 Å². The Balaban J connectivity index is 1.64. The van der Waals surface area contributed by atoms with E-state index in [-0.39, 0.29) is 21.6 Å². The molecule has 0 radical (unpaired) electrons. The lowest BCUT2D eigenvalue weighted by molar-refractivity contribution is 0.171. The molecule has 27 heavy (non-hydrogen) atoms. The van der Waals surface area contributed by atoms with Crippen molar-refractivity contribution in [3.8, 4) is 23.0 Å². The summed E-state index contributed by atoms with van der Waals surface area (Å²) in [6.07, 6.45) is 0. The van der Waals surface area contributed by atoms with Crippen molar-refractivity contribution in [1.29, 1.82) is 0 Å². The number of fused-ring (bicyclic) bond motifs is 1. The van der Waals surface area contributed by atoms with E-state index in [1.165, 1.54) is 12.1 Å². The van der Waals surface area contributed by atoms with E-state index in [4.69, 9.17) is 37.2 Å². The first-order valence-electron chi connectivity index (χ1n) is 7.83. The van der Waals surface area contributed by atoms with Gasteiger partial charge in [0.15, 0.2) is 27.2 Å². The predicted molar refractivity (Wildman–Crippen MR) is 98.1 cm³/mol. The van der Waals surface area contributed by atoms with Crippen LogP contribution in [0.4, 0.5) is 0 Å². The SMILES string of the molecule is O=S(=O)(Cc1noc(-c2ccccc2Cl)n1)c1cc2c(cc1Cl)OCCO2. The molecular formula is C17H12Cl2N2O5S. The summed E-state index contributed by atoms with van der Waals surface area (Å²) >= 11 is 12.2. The second-order valence-electron chi connectivity index (χ2n) is 5.68. The third-order valence-electron chi connectivity index (χ3n) is 3.82. The van der Waals surface area contributed by atoms with Gasteiger partial charge in [-0.15, -0.1) is 0 Å². The number of benzene rings is 2. The zero-order chi connectivity index (χ0) is 19.0. The van der Waals surface area contributed by atoms with Crippen molar-refractivity contribution >= 4 is 33.0 Å². The quantitative estimate of drug-likeness (QED) is 0.626. The van der Waals surface area contributed by atoms with E-state index in [2.05, 4.69) is 10.1 Å². The molecule has 1 aliphatic heterocycles. The van der Waals surface area contributed by atoms with Gasteiger partial charge < -0.3 is 14.0 Å². The number of rotatable bonds is 4. The fourth-order valence-electron chi connectivity index (χ4n) is 2.59. The van der Waals surface area contributed by atoms with Crippen LogP contribution in [0.25, 0.3) is 11.5 Å². The lowest BCUT2D eigenvalue weighted by Crippen LogP contribution is -2.16. The second kappa shape index (κ2) is 7.03. The van der Waals surface area contributed by atoms with Crippen LogP contribution in [0, 0.1) is 0 Å². The van der Waals surface area contributed by atoms with E-state index in [9.17, 15) is 8.42 Å². The smallest absolute Gasteiger partial charge is 0.259 e. The van der Waals surface area contributed by atoms with Gasteiger partial charge in [-0.25, -0.2) is 8.42 Å². The van der Waals surface area contributed by atoms with Crippen molar-refractivity contribution in [2.24, 2.45) is 0 Å². The molecule has 0 aliphatic carbocycles. The van der Waals surface area contributed by atoms with Crippen LogP contribution >= 0.6 is 23.2 Å². The first kappa shape index (κ1) is 18.1. The first-order chi connectivity index (χ1) is 12.9. The van der Waals surface area contributed by atoms with Crippen molar-refractivity contribution in [2.75, 3.05) is 13.2 Å². The number of sulfone groups is 1. The van der Waals surface area contributed by atoms with E-state index in [1.807, 2.05) is 0 Å². The monoisotopic (exact) mass is 426 g/mol. The minimum absolute atomic E-state index is 0.00382.